The van der Waals surface area contributed by atoms with Crippen molar-refractivity contribution in [2.24, 2.45) is 0 Å². The lowest BCUT2D eigenvalue weighted by Gasteiger charge is -2.34. The monoisotopic (exact) mass is 529 g/mol. The van der Waals surface area contributed by atoms with Crippen LogP contribution < -0.4 is 5.32 Å². The first-order valence-corrected chi connectivity index (χ1v) is 12.2. The molecular formula is C27H30F3N5O3. The van der Waals surface area contributed by atoms with Gasteiger partial charge in [0.15, 0.2) is 11.5 Å². The van der Waals surface area contributed by atoms with Crippen LogP contribution in [-0.4, -0.2) is 84.9 Å². The van der Waals surface area contributed by atoms with Crippen molar-refractivity contribution in [3.63, 3.8) is 0 Å². The molecule has 1 aromatic heterocycles. The smallest absolute Gasteiger partial charge is 0.416 e. The Hall–Kier alpha value is -3.70. The van der Waals surface area contributed by atoms with Crippen molar-refractivity contribution in [3.05, 3.63) is 59.8 Å². The van der Waals surface area contributed by atoms with Crippen molar-refractivity contribution < 1.29 is 27.2 Å². The third-order valence-corrected chi connectivity index (χ3v) is 6.26. The quantitative estimate of drug-likeness (QED) is 0.492. The van der Waals surface area contributed by atoms with Gasteiger partial charge in [0.25, 0.3) is 5.91 Å². The first kappa shape index (κ1) is 27.3. The molecule has 1 aliphatic rings. The second-order valence-corrected chi connectivity index (χ2v) is 9.47. The van der Waals surface area contributed by atoms with Crippen LogP contribution in [0.25, 0.3) is 22.8 Å². The molecule has 0 saturated carbocycles. The molecule has 1 N–H and O–H groups in total. The highest BCUT2D eigenvalue weighted by Crippen LogP contribution is 2.34. The summed E-state index contributed by atoms with van der Waals surface area (Å²) >= 11 is 0. The van der Waals surface area contributed by atoms with Crippen LogP contribution in [0.2, 0.25) is 0 Å². The number of carbonyl (C=O) groups excluding carboxylic acids is 2. The van der Waals surface area contributed by atoms with Crippen molar-refractivity contribution in [2.45, 2.75) is 13.1 Å². The summed E-state index contributed by atoms with van der Waals surface area (Å²) in [5.41, 5.74) is 0.608. The Morgan fingerprint density at radius 1 is 1.03 bits per heavy atom. The standard InChI is InChI=1S/C27H30F3N5O3/c1-18(36)31-22-6-4-5-20(17-22)24-23(26(37)35-15-13-34(14-16-35)12-11-33(2)3)32-25(38-24)19-7-9-21(10-8-19)27(28,29)30/h4-10,17H,11-16H2,1-3H3,(H,31,36). The first-order chi connectivity index (χ1) is 18.0. The number of amides is 2. The number of rotatable bonds is 7. The summed E-state index contributed by atoms with van der Waals surface area (Å²) in [6.45, 7) is 5.67. The van der Waals surface area contributed by atoms with Gasteiger partial charge in [-0.05, 0) is 50.5 Å². The molecular weight excluding hydrogens is 499 g/mol. The maximum Gasteiger partial charge on any atom is 0.416 e. The summed E-state index contributed by atoms with van der Waals surface area (Å²) < 4.78 is 45.1. The second-order valence-electron chi connectivity index (χ2n) is 9.47. The van der Waals surface area contributed by atoms with Gasteiger partial charge in [0.05, 0.1) is 5.56 Å². The van der Waals surface area contributed by atoms with E-state index in [0.29, 0.717) is 29.9 Å². The Bertz CT molecular complexity index is 1280. The lowest BCUT2D eigenvalue weighted by atomic mass is 10.1. The van der Waals surface area contributed by atoms with Gasteiger partial charge in [-0.15, -0.1) is 0 Å². The number of hydrogen-bond donors (Lipinski definition) is 1. The molecule has 0 aliphatic carbocycles. The molecule has 3 aromatic rings. The van der Waals surface area contributed by atoms with Crippen molar-refractivity contribution >= 4 is 17.5 Å². The van der Waals surface area contributed by atoms with Crippen LogP contribution in [-0.2, 0) is 11.0 Å². The van der Waals surface area contributed by atoms with E-state index in [9.17, 15) is 22.8 Å². The third kappa shape index (κ3) is 6.59. The molecule has 2 aromatic carbocycles. The van der Waals surface area contributed by atoms with Gasteiger partial charge in [-0.2, -0.15) is 13.2 Å². The van der Waals surface area contributed by atoms with Gasteiger partial charge in [-0.25, -0.2) is 4.98 Å². The summed E-state index contributed by atoms with van der Waals surface area (Å²) in [4.78, 5) is 35.7. The number of piperazine rings is 1. The van der Waals surface area contributed by atoms with Crippen LogP contribution in [0.4, 0.5) is 18.9 Å². The molecule has 1 saturated heterocycles. The van der Waals surface area contributed by atoms with Gasteiger partial charge < -0.3 is 19.5 Å². The van der Waals surface area contributed by atoms with Crippen LogP contribution in [0.1, 0.15) is 23.0 Å². The van der Waals surface area contributed by atoms with Gasteiger partial charge in [-0.3, -0.25) is 14.5 Å². The fourth-order valence-electron chi connectivity index (χ4n) is 4.19. The maximum absolute atomic E-state index is 13.6. The second kappa shape index (κ2) is 11.4. The van der Waals surface area contributed by atoms with Crippen molar-refractivity contribution in [1.82, 2.24) is 19.7 Å². The number of hydrogen-bond acceptors (Lipinski definition) is 6. The molecule has 2 heterocycles. The van der Waals surface area contributed by atoms with E-state index in [1.807, 2.05) is 14.1 Å². The largest absolute Gasteiger partial charge is 0.435 e. The number of benzene rings is 2. The van der Waals surface area contributed by atoms with E-state index in [1.54, 1.807) is 29.2 Å². The van der Waals surface area contributed by atoms with E-state index in [-0.39, 0.29) is 29.2 Å². The highest BCUT2D eigenvalue weighted by Gasteiger charge is 2.31. The molecule has 4 rings (SSSR count). The summed E-state index contributed by atoms with van der Waals surface area (Å²) in [6.07, 6.45) is -4.47. The first-order valence-electron chi connectivity index (χ1n) is 12.2. The lowest BCUT2D eigenvalue weighted by molar-refractivity contribution is -0.137. The number of likely N-dealkylation sites (N-methyl/N-ethyl adjacent to an activating group) is 1. The molecule has 0 unspecified atom stereocenters. The van der Waals surface area contributed by atoms with Crippen LogP contribution in [0.5, 0.6) is 0 Å². The van der Waals surface area contributed by atoms with Gasteiger partial charge >= 0.3 is 6.18 Å². The fourth-order valence-corrected chi connectivity index (χ4v) is 4.19. The normalized spacial score (nSPS) is 14.7. The van der Waals surface area contributed by atoms with Crippen LogP contribution in [0.15, 0.2) is 52.9 Å². The Kier molecular flexibility index (Phi) is 8.17. The molecule has 202 valence electrons. The SMILES string of the molecule is CC(=O)Nc1cccc(-c2oc(-c3ccc(C(F)(F)F)cc3)nc2C(=O)N2CCN(CCN(C)C)CC2)c1. The number of nitrogens with one attached hydrogen (secondary N) is 1. The molecule has 8 nitrogen and oxygen atoms in total. The van der Waals surface area contributed by atoms with Crippen LogP contribution in [0, 0.1) is 0 Å². The van der Waals surface area contributed by atoms with E-state index in [4.69, 9.17) is 4.42 Å². The Labute approximate surface area is 219 Å². The Balaban J connectivity index is 1.65. The van der Waals surface area contributed by atoms with Gasteiger partial charge in [0.2, 0.25) is 11.8 Å². The Morgan fingerprint density at radius 3 is 2.32 bits per heavy atom. The zero-order valence-corrected chi connectivity index (χ0v) is 21.5. The predicted octanol–water partition coefficient (Wildman–Crippen LogP) is 4.31. The molecule has 2 amide bonds. The highest BCUT2D eigenvalue weighted by atomic mass is 19.4. The highest BCUT2D eigenvalue weighted by molar-refractivity contribution is 5.99. The van der Waals surface area contributed by atoms with Gasteiger partial charge in [0.1, 0.15) is 0 Å². The summed E-state index contributed by atoms with van der Waals surface area (Å²) in [6, 6.07) is 11.2. The third-order valence-electron chi connectivity index (χ3n) is 6.26. The fraction of sp³-hybridized carbons (Fsp3) is 0.370. The van der Waals surface area contributed by atoms with Crippen LogP contribution >= 0.6 is 0 Å². The minimum atomic E-state index is -4.47. The molecule has 0 bridgehead atoms. The number of oxazole rings is 1. The minimum absolute atomic E-state index is 0.0339. The predicted molar refractivity (Wildman–Crippen MR) is 138 cm³/mol. The average Bonchev–Trinajstić information content (AvgIpc) is 3.32. The van der Waals surface area contributed by atoms with E-state index in [1.165, 1.54) is 19.1 Å². The number of alkyl halides is 3. The van der Waals surface area contributed by atoms with E-state index >= 15 is 0 Å². The van der Waals surface area contributed by atoms with Gasteiger partial charge in [-0.1, -0.05) is 12.1 Å². The average molecular weight is 530 g/mol. The van der Waals surface area contributed by atoms with Crippen molar-refractivity contribution in [3.8, 4) is 22.8 Å². The molecule has 0 radical (unpaired) electrons. The summed E-state index contributed by atoms with van der Waals surface area (Å²) in [5, 5.41) is 2.70. The minimum Gasteiger partial charge on any atom is -0.435 e. The topological polar surface area (TPSA) is 81.9 Å². The number of carbonyl (C=O) groups is 2. The van der Waals surface area contributed by atoms with Crippen molar-refractivity contribution in [2.75, 3.05) is 58.7 Å². The Morgan fingerprint density at radius 2 is 1.71 bits per heavy atom. The lowest BCUT2D eigenvalue weighted by Crippen LogP contribution is -2.50. The molecule has 0 atom stereocenters. The van der Waals surface area contributed by atoms with E-state index < -0.39 is 11.7 Å². The van der Waals surface area contributed by atoms with Gasteiger partial charge in [0, 0.05) is 63.0 Å². The zero-order chi connectivity index (χ0) is 27.4. The zero-order valence-electron chi connectivity index (χ0n) is 21.5. The number of halogens is 3. The molecule has 38 heavy (non-hydrogen) atoms. The number of nitrogens with zero attached hydrogens (tertiary/aromatic N) is 4. The number of aromatic nitrogens is 1. The van der Waals surface area contributed by atoms with Crippen LogP contribution in [0.3, 0.4) is 0 Å². The van der Waals surface area contributed by atoms with E-state index in [0.717, 1.165) is 38.3 Å². The molecule has 1 fully saturated rings. The molecule has 1 aliphatic heterocycles. The summed E-state index contributed by atoms with van der Waals surface area (Å²) in [7, 11) is 4.03. The maximum atomic E-state index is 13.6. The number of anilines is 1. The summed E-state index contributed by atoms with van der Waals surface area (Å²) in [5.74, 6) is -0.355. The molecule has 11 heteroatoms. The van der Waals surface area contributed by atoms with Crippen molar-refractivity contribution in [1.29, 1.82) is 0 Å². The molecule has 0 spiro atoms. The van der Waals surface area contributed by atoms with E-state index in [2.05, 4.69) is 20.1 Å².